The van der Waals surface area contributed by atoms with Crippen LogP contribution in [0.25, 0.3) is 0 Å². The molecule has 2 N–H and O–H groups in total. The van der Waals surface area contributed by atoms with Crippen LogP contribution in [0, 0.1) is 0 Å². The zero-order chi connectivity index (χ0) is 13.2. The monoisotopic (exact) mass is 335 g/mol. The molecule has 4 heteroatoms. The van der Waals surface area contributed by atoms with E-state index in [4.69, 9.17) is 10.5 Å². The van der Waals surface area contributed by atoms with Crippen LogP contribution < -0.4 is 10.5 Å². The molecule has 0 aromatic heterocycles. The van der Waals surface area contributed by atoms with Gasteiger partial charge in [0.1, 0.15) is 5.75 Å². The Kier molecular flexibility index (Phi) is 3.71. The summed E-state index contributed by atoms with van der Waals surface area (Å²) in [6.07, 6.45) is 1.00. The summed E-state index contributed by atoms with van der Waals surface area (Å²) in [6.45, 7) is 0.793. The van der Waals surface area contributed by atoms with Crippen LogP contribution in [0.15, 0.2) is 45.8 Å². The van der Waals surface area contributed by atoms with E-state index in [-0.39, 0.29) is 0 Å². The molecule has 98 valence electrons. The predicted octanol–water partition coefficient (Wildman–Crippen LogP) is 4.26. The van der Waals surface area contributed by atoms with Gasteiger partial charge in [-0.1, -0.05) is 22.0 Å². The molecule has 0 unspecified atom stereocenters. The first kappa shape index (κ1) is 12.9. The molecule has 0 radical (unpaired) electrons. The van der Waals surface area contributed by atoms with Gasteiger partial charge in [-0.3, -0.25) is 0 Å². The second-order valence-electron chi connectivity index (χ2n) is 4.51. The predicted molar refractivity (Wildman–Crippen MR) is 83.8 cm³/mol. The van der Waals surface area contributed by atoms with Crippen molar-refractivity contribution in [3.05, 3.63) is 52.0 Å². The largest absolute Gasteiger partial charge is 0.493 e. The normalized spacial score (nSPS) is 13.1. The third-order valence-corrected chi connectivity index (χ3v) is 4.58. The highest BCUT2D eigenvalue weighted by Gasteiger charge is 2.17. The van der Waals surface area contributed by atoms with Crippen LogP contribution in [0.3, 0.4) is 0 Å². The maximum absolute atomic E-state index is 5.80. The van der Waals surface area contributed by atoms with E-state index in [0.29, 0.717) is 0 Å². The Hall–Kier alpha value is -1.13. The zero-order valence-electron chi connectivity index (χ0n) is 10.4. The minimum absolute atomic E-state index is 0.793. The number of hydrogen-bond donors (Lipinski definition) is 1. The lowest BCUT2D eigenvalue weighted by Crippen LogP contribution is -1.91. The Morgan fingerprint density at radius 1 is 1.26 bits per heavy atom. The molecule has 0 spiro atoms. The van der Waals surface area contributed by atoms with Crippen LogP contribution in [-0.4, -0.2) is 6.61 Å². The molecule has 2 aromatic rings. The molecule has 0 amide bonds. The zero-order valence-corrected chi connectivity index (χ0v) is 12.8. The summed E-state index contributed by atoms with van der Waals surface area (Å²) in [5.74, 6) is 1.96. The Morgan fingerprint density at radius 3 is 3.00 bits per heavy atom. The molecule has 0 atom stereocenters. The highest BCUT2D eigenvalue weighted by atomic mass is 79.9. The van der Waals surface area contributed by atoms with Crippen molar-refractivity contribution >= 4 is 33.4 Å². The standard InChI is InChI=1S/C15H14BrNOS/c16-12-6-10-4-5-18-15(10)11(7-12)9-19-14-3-1-2-13(17)8-14/h1-3,6-8H,4-5,9,17H2. The number of rotatable bonds is 3. The van der Waals surface area contributed by atoms with Gasteiger partial charge in [0.2, 0.25) is 0 Å². The number of halogens is 1. The van der Waals surface area contributed by atoms with E-state index < -0.39 is 0 Å². The third-order valence-electron chi connectivity index (χ3n) is 3.08. The van der Waals surface area contributed by atoms with Gasteiger partial charge >= 0.3 is 0 Å². The minimum atomic E-state index is 0.793. The van der Waals surface area contributed by atoms with Crippen LogP contribution in [0.1, 0.15) is 11.1 Å². The molecule has 2 aromatic carbocycles. The summed E-state index contributed by atoms with van der Waals surface area (Å²) in [5, 5.41) is 0. The number of ether oxygens (including phenoxy) is 1. The lowest BCUT2D eigenvalue weighted by Gasteiger charge is -2.09. The summed E-state index contributed by atoms with van der Waals surface area (Å²) in [6, 6.07) is 12.3. The summed E-state index contributed by atoms with van der Waals surface area (Å²) in [4.78, 5) is 1.19. The van der Waals surface area contributed by atoms with Crippen molar-refractivity contribution in [3.8, 4) is 5.75 Å². The van der Waals surface area contributed by atoms with Gasteiger partial charge in [-0.05, 0) is 35.9 Å². The van der Waals surface area contributed by atoms with Crippen molar-refractivity contribution in [2.24, 2.45) is 0 Å². The van der Waals surface area contributed by atoms with Crippen LogP contribution in [-0.2, 0) is 12.2 Å². The molecule has 2 nitrogen and oxygen atoms in total. The highest BCUT2D eigenvalue weighted by molar-refractivity contribution is 9.10. The summed E-state index contributed by atoms with van der Waals surface area (Å²) < 4.78 is 6.86. The topological polar surface area (TPSA) is 35.2 Å². The van der Waals surface area contributed by atoms with E-state index in [9.17, 15) is 0 Å². The average Bonchev–Trinajstić information content (AvgIpc) is 2.84. The quantitative estimate of drug-likeness (QED) is 0.672. The van der Waals surface area contributed by atoms with E-state index in [0.717, 1.165) is 34.7 Å². The molecule has 0 bridgehead atoms. The fraction of sp³-hybridized carbons (Fsp3) is 0.200. The average molecular weight is 336 g/mol. The summed E-state index contributed by atoms with van der Waals surface area (Å²) >= 11 is 5.35. The number of hydrogen-bond acceptors (Lipinski definition) is 3. The maximum Gasteiger partial charge on any atom is 0.126 e. The van der Waals surface area contributed by atoms with Gasteiger partial charge in [0, 0.05) is 32.8 Å². The molecule has 0 fully saturated rings. The maximum atomic E-state index is 5.80. The molecule has 0 saturated carbocycles. The van der Waals surface area contributed by atoms with E-state index >= 15 is 0 Å². The Labute approximate surface area is 125 Å². The van der Waals surface area contributed by atoms with Gasteiger partial charge in [-0.25, -0.2) is 0 Å². The fourth-order valence-electron chi connectivity index (χ4n) is 2.22. The molecule has 3 rings (SSSR count). The number of fused-ring (bicyclic) bond motifs is 1. The van der Waals surface area contributed by atoms with Crippen molar-refractivity contribution in [1.29, 1.82) is 0 Å². The van der Waals surface area contributed by atoms with E-state index in [1.54, 1.807) is 11.8 Å². The van der Waals surface area contributed by atoms with E-state index in [1.165, 1.54) is 16.0 Å². The van der Waals surface area contributed by atoms with Gasteiger partial charge in [0.15, 0.2) is 0 Å². The van der Waals surface area contributed by atoms with Crippen molar-refractivity contribution in [2.45, 2.75) is 17.1 Å². The first-order valence-corrected chi connectivity index (χ1v) is 7.93. The molecular weight excluding hydrogens is 322 g/mol. The van der Waals surface area contributed by atoms with Crippen LogP contribution in [0.5, 0.6) is 5.75 Å². The van der Waals surface area contributed by atoms with Crippen molar-refractivity contribution in [1.82, 2.24) is 0 Å². The number of nitrogens with two attached hydrogens (primary N) is 1. The number of nitrogen functional groups attached to an aromatic ring is 1. The molecule has 1 aliphatic rings. The molecular formula is C15H14BrNOS. The van der Waals surface area contributed by atoms with Gasteiger partial charge in [0.05, 0.1) is 6.61 Å². The fourth-order valence-corrected chi connectivity index (χ4v) is 3.70. The van der Waals surface area contributed by atoms with Gasteiger partial charge in [-0.2, -0.15) is 0 Å². The van der Waals surface area contributed by atoms with Crippen molar-refractivity contribution in [2.75, 3.05) is 12.3 Å². The molecule has 1 heterocycles. The molecule has 19 heavy (non-hydrogen) atoms. The lowest BCUT2D eigenvalue weighted by molar-refractivity contribution is 0.354. The van der Waals surface area contributed by atoms with E-state index in [2.05, 4.69) is 34.1 Å². The summed E-state index contributed by atoms with van der Waals surface area (Å²) in [7, 11) is 0. The number of benzene rings is 2. The second-order valence-corrected chi connectivity index (χ2v) is 6.48. The Morgan fingerprint density at radius 2 is 2.16 bits per heavy atom. The SMILES string of the molecule is Nc1cccc(SCc2cc(Br)cc3c2OCC3)c1. The van der Waals surface area contributed by atoms with Gasteiger partial charge in [0.25, 0.3) is 0 Å². The number of thioether (sulfide) groups is 1. The molecule has 0 aliphatic carbocycles. The third kappa shape index (κ3) is 2.90. The minimum Gasteiger partial charge on any atom is -0.493 e. The first-order chi connectivity index (χ1) is 9.22. The number of anilines is 1. The first-order valence-electron chi connectivity index (χ1n) is 6.15. The molecule has 1 aliphatic heterocycles. The smallest absolute Gasteiger partial charge is 0.126 e. The van der Waals surface area contributed by atoms with Crippen LogP contribution >= 0.6 is 27.7 Å². The highest BCUT2D eigenvalue weighted by Crippen LogP contribution is 2.36. The summed E-state index contributed by atoms with van der Waals surface area (Å²) in [5.41, 5.74) is 9.15. The Bertz CT molecular complexity index is 615. The van der Waals surface area contributed by atoms with Crippen molar-refractivity contribution < 1.29 is 4.74 Å². The second kappa shape index (κ2) is 5.47. The van der Waals surface area contributed by atoms with Crippen LogP contribution in [0.4, 0.5) is 5.69 Å². The lowest BCUT2D eigenvalue weighted by atomic mass is 10.1. The van der Waals surface area contributed by atoms with E-state index in [1.807, 2.05) is 18.2 Å². The Balaban J connectivity index is 1.81. The van der Waals surface area contributed by atoms with Gasteiger partial charge < -0.3 is 10.5 Å². The van der Waals surface area contributed by atoms with Gasteiger partial charge in [-0.15, -0.1) is 11.8 Å². The van der Waals surface area contributed by atoms with Crippen LogP contribution in [0.2, 0.25) is 0 Å². The van der Waals surface area contributed by atoms with Crippen molar-refractivity contribution in [3.63, 3.8) is 0 Å². The molecule has 0 saturated heterocycles.